The summed E-state index contributed by atoms with van der Waals surface area (Å²) >= 11 is 0. The highest BCUT2D eigenvalue weighted by Gasteiger charge is 2.24. The molecule has 0 bridgehead atoms. The van der Waals surface area contributed by atoms with Crippen molar-refractivity contribution >= 4 is 22.6 Å². The highest BCUT2D eigenvalue weighted by Crippen LogP contribution is 2.25. The Balaban J connectivity index is 1.59. The molecule has 2 heterocycles. The van der Waals surface area contributed by atoms with Gasteiger partial charge in [-0.3, -0.25) is 9.59 Å². The summed E-state index contributed by atoms with van der Waals surface area (Å²) in [6, 6.07) is 7.94. The Morgan fingerprint density at radius 2 is 1.93 bits per heavy atom. The number of hydrogen-bond donors (Lipinski definition) is 2. The van der Waals surface area contributed by atoms with Gasteiger partial charge in [-0.15, -0.1) is 0 Å². The first kappa shape index (κ1) is 20.6. The van der Waals surface area contributed by atoms with Gasteiger partial charge < -0.3 is 19.9 Å². The first-order valence-corrected chi connectivity index (χ1v) is 10.3. The predicted octanol–water partition coefficient (Wildman–Crippen LogP) is 2.62. The lowest BCUT2D eigenvalue weighted by Crippen LogP contribution is -2.40. The fraction of sp³-hybridized carbons (Fsp3) is 0.545. The molecule has 2 aromatic rings. The summed E-state index contributed by atoms with van der Waals surface area (Å²) in [5.41, 5.74) is 1.45. The number of ketones is 1. The van der Waals surface area contributed by atoms with Crippen molar-refractivity contribution in [2.75, 3.05) is 32.8 Å². The molecule has 1 aromatic heterocycles. The lowest BCUT2D eigenvalue weighted by Gasteiger charge is -2.31. The summed E-state index contributed by atoms with van der Waals surface area (Å²) in [5.74, 6) is -0.579. The molecule has 0 unspecified atom stereocenters. The van der Waals surface area contributed by atoms with Crippen LogP contribution in [-0.2, 0) is 4.79 Å². The molecule has 152 valence electrons. The molecule has 0 radical (unpaired) electrons. The number of nitrogens with one attached hydrogen (secondary N) is 1. The van der Waals surface area contributed by atoms with Gasteiger partial charge in [0.05, 0.1) is 5.56 Å². The van der Waals surface area contributed by atoms with E-state index in [4.69, 9.17) is 5.11 Å². The van der Waals surface area contributed by atoms with Crippen LogP contribution in [0.5, 0.6) is 0 Å². The number of carbonyl (C=O) groups is 2. The molecule has 6 nitrogen and oxygen atoms in total. The summed E-state index contributed by atoms with van der Waals surface area (Å²) < 4.78 is 2.04. The number of hydrogen-bond acceptors (Lipinski definition) is 4. The maximum atomic E-state index is 12.8. The fourth-order valence-electron chi connectivity index (χ4n) is 3.96. The Morgan fingerprint density at radius 1 is 1.21 bits per heavy atom. The number of likely N-dealkylation sites (tertiary alicyclic amines) is 1. The Bertz CT molecular complexity index is 820. The minimum atomic E-state index is -0.519. The molecule has 1 amide bonds. The topological polar surface area (TPSA) is 74.6 Å². The van der Waals surface area contributed by atoms with E-state index in [1.165, 1.54) is 0 Å². The van der Waals surface area contributed by atoms with Gasteiger partial charge in [0, 0.05) is 42.8 Å². The standard InChI is InChI=1S/C22H31N3O3/c1-16(2)25-15-19(18-6-3-4-7-20(18)25)21(27)22(28)23-14-17-8-11-24(12-9-17)10-5-13-26/h3-4,6-7,15-17,26H,5,8-14H2,1-2H3,(H,23,28). The molecule has 0 aliphatic carbocycles. The second-order valence-corrected chi connectivity index (χ2v) is 7.96. The monoisotopic (exact) mass is 385 g/mol. The second-order valence-electron chi connectivity index (χ2n) is 7.96. The summed E-state index contributed by atoms with van der Waals surface area (Å²) in [5, 5.41) is 12.6. The van der Waals surface area contributed by atoms with Crippen molar-refractivity contribution in [1.29, 1.82) is 0 Å². The third-order valence-corrected chi connectivity index (χ3v) is 5.64. The molecule has 3 rings (SSSR count). The third kappa shape index (κ3) is 4.62. The molecule has 6 heteroatoms. The quantitative estimate of drug-likeness (QED) is 0.541. The van der Waals surface area contributed by atoms with Crippen LogP contribution >= 0.6 is 0 Å². The number of amides is 1. The van der Waals surface area contributed by atoms with Gasteiger partial charge in [0.15, 0.2) is 0 Å². The number of aliphatic hydroxyl groups excluding tert-OH is 1. The zero-order valence-corrected chi connectivity index (χ0v) is 16.9. The smallest absolute Gasteiger partial charge is 0.292 e. The van der Waals surface area contributed by atoms with Crippen molar-refractivity contribution in [3.05, 3.63) is 36.0 Å². The van der Waals surface area contributed by atoms with Gasteiger partial charge in [-0.2, -0.15) is 0 Å². The van der Waals surface area contributed by atoms with Crippen LogP contribution in [0.4, 0.5) is 0 Å². The largest absolute Gasteiger partial charge is 0.396 e. The number of piperidine rings is 1. The Morgan fingerprint density at radius 3 is 2.61 bits per heavy atom. The predicted molar refractivity (Wildman–Crippen MR) is 111 cm³/mol. The molecule has 0 spiro atoms. The van der Waals surface area contributed by atoms with E-state index < -0.39 is 11.7 Å². The number of aromatic nitrogens is 1. The molecule has 0 atom stereocenters. The van der Waals surface area contributed by atoms with Crippen molar-refractivity contribution in [3.8, 4) is 0 Å². The van der Waals surface area contributed by atoms with Gasteiger partial charge in [-0.1, -0.05) is 18.2 Å². The van der Waals surface area contributed by atoms with Gasteiger partial charge in [0.25, 0.3) is 11.7 Å². The molecular weight excluding hydrogens is 354 g/mol. The average Bonchev–Trinajstić information content (AvgIpc) is 3.10. The summed E-state index contributed by atoms with van der Waals surface area (Å²) in [6.45, 7) is 7.79. The number of nitrogens with zero attached hydrogens (tertiary/aromatic N) is 2. The van der Waals surface area contributed by atoms with E-state index in [1.54, 1.807) is 6.20 Å². The van der Waals surface area contributed by atoms with E-state index in [0.29, 0.717) is 18.0 Å². The van der Waals surface area contributed by atoms with Crippen LogP contribution in [-0.4, -0.2) is 59.0 Å². The normalized spacial score (nSPS) is 16.0. The van der Waals surface area contributed by atoms with E-state index in [-0.39, 0.29) is 12.6 Å². The lowest BCUT2D eigenvalue weighted by atomic mass is 9.96. The number of para-hydroxylation sites is 1. The van der Waals surface area contributed by atoms with Crippen molar-refractivity contribution < 1.29 is 14.7 Å². The number of carbonyl (C=O) groups excluding carboxylic acids is 2. The second kappa shape index (κ2) is 9.34. The zero-order chi connectivity index (χ0) is 20.1. The molecule has 1 aliphatic rings. The molecular formula is C22H31N3O3. The van der Waals surface area contributed by atoms with Crippen molar-refractivity contribution in [2.24, 2.45) is 5.92 Å². The summed E-state index contributed by atoms with van der Waals surface area (Å²) in [7, 11) is 0. The average molecular weight is 386 g/mol. The Labute approximate surface area is 166 Å². The van der Waals surface area contributed by atoms with E-state index in [2.05, 4.69) is 24.1 Å². The highest BCUT2D eigenvalue weighted by molar-refractivity contribution is 6.45. The zero-order valence-electron chi connectivity index (χ0n) is 16.9. The number of benzene rings is 1. The minimum absolute atomic E-state index is 0.213. The van der Waals surface area contributed by atoms with Gasteiger partial charge in [-0.25, -0.2) is 0 Å². The van der Waals surface area contributed by atoms with Crippen molar-refractivity contribution in [1.82, 2.24) is 14.8 Å². The fourth-order valence-corrected chi connectivity index (χ4v) is 3.96. The number of Topliss-reactive ketones (excluding diaryl/α,β-unsaturated/α-hetero) is 1. The molecule has 1 saturated heterocycles. The number of rotatable bonds is 8. The van der Waals surface area contributed by atoms with Gasteiger partial charge in [-0.05, 0) is 58.2 Å². The van der Waals surface area contributed by atoms with Crippen LogP contribution in [0.25, 0.3) is 10.9 Å². The van der Waals surface area contributed by atoms with Crippen LogP contribution < -0.4 is 5.32 Å². The number of fused-ring (bicyclic) bond motifs is 1. The molecule has 0 saturated carbocycles. The van der Waals surface area contributed by atoms with Crippen LogP contribution in [0, 0.1) is 5.92 Å². The third-order valence-electron chi connectivity index (χ3n) is 5.64. The maximum Gasteiger partial charge on any atom is 0.292 e. The van der Waals surface area contributed by atoms with E-state index in [9.17, 15) is 9.59 Å². The van der Waals surface area contributed by atoms with Crippen LogP contribution in [0.15, 0.2) is 30.5 Å². The van der Waals surface area contributed by atoms with Crippen LogP contribution in [0.1, 0.15) is 49.5 Å². The van der Waals surface area contributed by atoms with Gasteiger partial charge in [0.2, 0.25) is 0 Å². The van der Waals surface area contributed by atoms with Crippen molar-refractivity contribution in [3.63, 3.8) is 0 Å². The van der Waals surface area contributed by atoms with Crippen LogP contribution in [0.2, 0.25) is 0 Å². The van der Waals surface area contributed by atoms with E-state index in [0.717, 1.165) is 49.8 Å². The van der Waals surface area contributed by atoms with Gasteiger partial charge in [0.1, 0.15) is 0 Å². The number of aliphatic hydroxyl groups is 1. The molecule has 1 aliphatic heterocycles. The molecule has 1 fully saturated rings. The SMILES string of the molecule is CC(C)n1cc(C(=O)C(=O)NCC2CCN(CCCO)CC2)c2ccccc21. The van der Waals surface area contributed by atoms with Gasteiger partial charge >= 0.3 is 0 Å². The molecule has 28 heavy (non-hydrogen) atoms. The minimum Gasteiger partial charge on any atom is -0.396 e. The van der Waals surface area contributed by atoms with E-state index >= 15 is 0 Å². The molecule has 1 aromatic carbocycles. The van der Waals surface area contributed by atoms with Crippen LogP contribution in [0.3, 0.4) is 0 Å². The first-order chi connectivity index (χ1) is 13.5. The molecule has 2 N–H and O–H groups in total. The summed E-state index contributed by atoms with van der Waals surface area (Å²) in [4.78, 5) is 27.6. The highest BCUT2D eigenvalue weighted by atomic mass is 16.3. The van der Waals surface area contributed by atoms with Crippen molar-refractivity contribution in [2.45, 2.75) is 39.2 Å². The summed E-state index contributed by atoms with van der Waals surface area (Å²) in [6.07, 6.45) is 4.62. The van der Waals surface area contributed by atoms with E-state index in [1.807, 2.05) is 28.8 Å². The Kier molecular flexibility index (Phi) is 6.86. The first-order valence-electron chi connectivity index (χ1n) is 10.3. The lowest BCUT2D eigenvalue weighted by molar-refractivity contribution is -0.117. The Hall–Kier alpha value is -2.18. The maximum absolute atomic E-state index is 12.8.